The minimum absolute atomic E-state index is 0.122. The quantitative estimate of drug-likeness (QED) is 0.416. The summed E-state index contributed by atoms with van der Waals surface area (Å²) in [5.41, 5.74) is -0.807. The fourth-order valence-electron chi connectivity index (χ4n) is 3.57. The Hall–Kier alpha value is -2.16. The summed E-state index contributed by atoms with van der Waals surface area (Å²) in [6, 6.07) is -0.394. The summed E-state index contributed by atoms with van der Waals surface area (Å²) in [7, 11) is 0. The van der Waals surface area contributed by atoms with E-state index < -0.39 is 11.6 Å². The molecule has 1 atom stereocenters. The predicted molar refractivity (Wildman–Crippen MR) is 101 cm³/mol. The average molecular weight is 379 g/mol. The summed E-state index contributed by atoms with van der Waals surface area (Å²) in [6.07, 6.45) is 3.53. The number of amides is 3. The fourth-order valence-corrected chi connectivity index (χ4v) is 4.29. The average Bonchev–Trinajstić information content (AvgIpc) is 3.14. The zero-order valence-corrected chi connectivity index (χ0v) is 16.3. The molecule has 3 amide bonds. The number of likely N-dealkylation sites (tertiary alicyclic amines) is 1. The van der Waals surface area contributed by atoms with Gasteiger partial charge in [0.05, 0.1) is 11.6 Å². The van der Waals surface area contributed by atoms with Gasteiger partial charge in [-0.25, -0.2) is 14.8 Å². The molecule has 0 bridgehead atoms. The zero-order valence-electron chi connectivity index (χ0n) is 15.5. The summed E-state index contributed by atoms with van der Waals surface area (Å²) in [5, 5.41) is 9.55. The van der Waals surface area contributed by atoms with E-state index in [1.807, 2.05) is 20.0 Å². The first-order valence-electron chi connectivity index (χ1n) is 9.00. The Morgan fingerprint density at radius 2 is 2.19 bits per heavy atom. The SMILES string of the molecule is CCNC(=NCc1cnc(C)s1)N1CCC(C2(C)NC(=O)NC2=O)CC1. The highest BCUT2D eigenvalue weighted by Crippen LogP contribution is 2.30. The lowest BCUT2D eigenvalue weighted by Gasteiger charge is -2.39. The number of thiazole rings is 1. The van der Waals surface area contributed by atoms with E-state index in [4.69, 9.17) is 4.99 Å². The van der Waals surface area contributed by atoms with Crippen molar-refractivity contribution < 1.29 is 9.59 Å². The highest BCUT2D eigenvalue weighted by molar-refractivity contribution is 7.11. The van der Waals surface area contributed by atoms with Crippen LogP contribution in [-0.4, -0.2) is 53.0 Å². The van der Waals surface area contributed by atoms with Crippen molar-refractivity contribution in [2.75, 3.05) is 19.6 Å². The Morgan fingerprint density at radius 1 is 1.46 bits per heavy atom. The molecule has 9 heteroatoms. The van der Waals surface area contributed by atoms with Crippen LogP contribution in [0.2, 0.25) is 0 Å². The topological polar surface area (TPSA) is 98.7 Å². The Labute approximate surface area is 157 Å². The normalized spacial score (nSPS) is 24.6. The van der Waals surface area contributed by atoms with Crippen molar-refractivity contribution in [2.45, 2.75) is 45.7 Å². The lowest BCUT2D eigenvalue weighted by atomic mass is 9.79. The molecule has 8 nitrogen and oxygen atoms in total. The minimum Gasteiger partial charge on any atom is -0.357 e. The second kappa shape index (κ2) is 7.61. The van der Waals surface area contributed by atoms with Crippen LogP contribution in [0.5, 0.6) is 0 Å². The predicted octanol–water partition coefficient (Wildman–Crippen LogP) is 1.23. The van der Waals surface area contributed by atoms with Gasteiger partial charge in [-0.3, -0.25) is 10.1 Å². The summed E-state index contributed by atoms with van der Waals surface area (Å²) in [6.45, 7) is 8.89. The maximum absolute atomic E-state index is 12.1. The number of aliphatic imine (C=N–C) groups is 1. The second-order valence-electron chi connectivity index (χ2n) is 6.89. The van der Waals surface area contributed by atoms with E-state index in [1.165, 1.54) is 0 Å². The maximum atomic E-state index is 12.1. The molecule has 3 heterocycles. The van der Waals surface area contributed by atoms with Gasteiger partial charge in [-0.15, -0.1) is 11.3 Å². The van der Waals surface area contributed by atoms with Gasteiger partial charge in [-0.2, -0.15) is 0 Å². The van der Waals surface area contributed by atoms with Crippen molar-refractivity contribution in [1.82, 2.24) is 25.8 Å². The number of carbonyl (C=O) groups excluding carboxylic acids is 2. The number of rotatable bonds is 4. The van der Waals surface area contributed by atoms with Crippen molar-refractivity contribution in [3.05, 3.63) is 16.1 Å². The summed E-state index contributed by atoms with van der Waals surface area (Å²) in [5.74, 6) is 0.793. The molecule has 0 radical (unpaired) electrons. The molecule has 2 fully saturated rings. The van der Waals surface area contributed by atoms with Gasteiger partial charge in [-0.05, 0) is 39.5 Å². The van der Waals surface area contributed by atoms with E-state index in [0.717, 1.165) is 48.3 Å². The van der Waals surface area contributed by atoms with Gasteiger partial charge in [0.15, 0.2) is 5.96 Å². The molecule has 1 aromatic heterocycles. The summed E-state index contributed by atoms with van der Waals surface area (Å²) in [4.78, 5) is 36.0. The molecular weight excluding hydrogens is 352 g/mol. The molecule has 0 aliphatic carbocycles. The summed E-state index contributed by atoms with van der Waals surface area (Å²) < 4.78 is 0. The molecule has 2 aliphatic rings. The van der Waals surface area contributed by atoms with Gasteiger partial charge in [0, 0.05) is 30.7 Å². The standard InChI is InChI=1S/C17H26N6O2S/c1-4-18-15(20-10-13-9-19-11(2)26-13)23-7-5-12(6-8-23)17(3)14(24)21-16(25)22-17/h9,12H,4-8,10H2,1-3H3,(H,18,20)(H2,21,22,24,25). The van der Waals surface area contributed by atoms with E-state index >= 15 is 0 Å². The lowest BCUT2D eigenvalue weighted by Crippen LogP contribution is -2.55. The van der Waals surface area contributed by atoms with Crippen LogP contribution < -0.4 is 16.0 Å². The van der Waals surface area contributed by atoms with Crippen LogP contribution in [0.4, 0.5) is 4.79 Å². The third-order valence-electron chi connectivity index (χ3n) is 5.07. The van der Waals surface area contributed by atoms with Crippen molar-refractivity contribution >= 4 is 29.2 Å². The van der Waals surface area contributed by atoms with E-state index in [1.54, 1.807) is 11.3 Å². The number of imide groups is 1. The van der Waals surface area contributed by atoms with Crippen LogP contribution in [0.3, 0.4) is 0 Å². The van der Waals surface area contributed by atoms with Crippen LogP contribution in [-0.2, 0) is 11.3 Å². The Balaban J connectivity index is 1.62. The number of piperidine rings is 1. The van der Waals surface area contributed by atoms with Crippen LogP contribution in [0.1, 0.15) is 36.6 Å². The maximum Gasteiger partial charge on any atom is 0.322 e. The molecule has 0 spiro atoms. The van der Waals surface area contributed by atoms with Crippen LogP contribution in [0.15, 0.2) is 11.2 Å². The number of nitrogens with one attached hydrogen (secondary N) is 3. The number of guanidine groups is 1. The molecule has 26 heavy (non-hydrogen) atoms. The molecule has 1 unspecified atom stereocenters. The monoisotopic (exact) mass is 378 g/mol. The number of aromatic nitrogens is 1. The first kappa shape index (κ1) is 18.6. The van der Waals surface area contributed by atoms with Crippen molar-refractivity contribution in [1.29, 1.82) is 0 Å². The lowest BCUT2D eigenvalue weighted by molar-refractivity contribution is -0.125. The second-order valence-corrected chi connectivity index (χ2v) is 8.21. The van der Waals surface area contributed by atoms with Gasteiger partial charge < -0.3 is 15.5 Å². The first-order valence-corrected chi connectivity index (χ1v) is 9.82. The number of urea groups is 1. The number of aryl methyl sites for hydroxylation is 1. The van der Waals surface area contributed by atoms with Gasteiger partial charge in [0.25, 0.3) is 5.91 Å². The molecule has 142 valence electrons. The third kappa shape index (κ3) is 3.82. The molecular formula is C17H26N6O2S. The van der Waals surface area contributed by atoms with Gasteiger partial charge in [0.2, 0.25) is 0 Å². The van der Waals surface area contributed by atoms with Crippen molar-refractivity contribution in [3.8, 4) is 0 Å². The number of nitrogens with zero attached hydrogens (tertiary/aromatic N) is 3. The first-order chi connectivity index (χ1) is 12.4. The molecule has 3 rings (SSSR count). The third-order valence-corrected chi connectivity index (χ3v) is 5.97. The Kier molecular flexibility index (Phi) is 5.45. The number of hydrogen-bond donors (Lipinski definition) is 3. The van der Waals surface area contributed by atoms with Crippen molar-refractivity contribution in [2.24, 2.45) is 10.9 Å². The smallest absolute Gasteiger partial charge is 0.322 e. The molecule has 0 aromatic carbocycles. The Morgan fingerprint density at radius 3 is 2.73 bits per heavy atom. The number of hydrogen-bond acceptors (Lipinski definition) is 5. The van der Waals surface area contributed by atoms with Gasteiger partial charge in [-0.1, -0.05) is 0 Å². The molecule has 2 saturated heterocycles. The fraction of sp³-hybridized carbons (Fsp3) is 0.647. The van der Waals surface area contributed by atoms with E-state index in [2.05, 4.69) is 32.8 Å². The van der Waals surface area contributed by atoms with Crippen LogP contribution >= 0.6 is 11.3 Å². The minimum atomic E-state index is -0.807. The van der Waals surface area contributed by atoms with E-state index in [0.29, 0.717) is 6.54 Å². The van der Waals surface area contributed by atoms with Gasteiger partial charge in [0.1, 0.15) is 5.54 Å². The molecule has 2 aliphatic heterocycles. The highest BCUT2D eigenvalue weighted by atomic mass is 32.1. The highest BCUT2D eigenvalue weighted by Gasteiger charge is 2.48. The van der Waals surface area contributed by atoms with Crippen LogP contribution in [0.25, 0.3) is 0 Å². The number of carbonyl (C=O) groups is 2. The van der Waals surface area contributed by atoms with Gasteiger partial charge >= 0.3 is 6.03 Å². The van der Waals surface area contributed by atoms with Crippen LogP contribution in [0, 0.1) is 12.8 Å². The molecule has 3 N–H and O–H groups in total. The van der Waals surface area contributed by atoms with E-state index in [9.17, 15) is 9.59 Å². The molecule has 1 aromatic rings. The largest absolute Gasteiger partial charge is 0.357 e. The van der Waals surface area contributed by atoms with E-state index in [-0.39, 0.29) is 11.8 Å². The summed E-state index contributed by atoms with van der Waals surface area (Å²) >= 11 is 1.66. The Bertz CT molecular complexity index is 710. The van der Waals surface area contributed by atoms with Crippen molar-refractivity contribution in [3.63, 3.8) is 0 Å². The molecule has 0 saturated carbocycles. The zero-order chi connectivity index (χ0) is 18.7.